The molecule has 23 heavy (non-hydrogen) atoms. The first-order valence-electron chi connectivity index (χ1n) is 7.57. The first-order chi connectivity index (χ1) is 11.0. The molecule has 1 aromatic carbocycles. The standard InChI is InChI=1S/C16H20N2O5/c19-14(5-2-8-17-16(22)11-6-7-11)18-12-3-1-4-13(9-12)23-10-15(20)21/h1,3-4,9,11H,2,5-8,10H2,(H,17,22)(H,18,19)(H,20,21). The quantitative estimate of drug-likeness (QED) is 0.596. The normalized spacial score (nSPS) is 13.2. The Labute approximate surface area is 134 Å². The minimum absolute atomic E-state index is 0.0775. The summed E-state index contributed by atoms with van der Waals surface area (Å²) in [6.07, 6.45) is 2.80. The Bertz CT molecular complexity index is 584. The molecule has 0 spiro atoms. The highest BCUT2D eigenvalue weighted by molar-refractivity contribution is 5.90. The minimum Gasteiger partial charge on any atom is -0.482 e. The Kier molecular flexibility index (Phi) is 5.96. The van der Waals surface area contributed by atoms with Crippen molar-refractivity contribution in [3.05, 3.63) is 24.3 Å². The van der Waals surface area contributed by atoms with Crippen LogP contribution in [0.5, 0.6) is 5.75 Å². The van der Waals surface area contributed by atoms with Crippen LogP contribution in [0, 0.1) is 5.92 Å². The second-order valence-corrected chi connectivity index (χ2v) is 5.43. The number of benzene rings is 1. The molecule has 1 aromatic rings. The topological polar surface area (TPSA) is 105 Å². The molecule has 0 aromatic heterocycles. The number of carboxylic acids is 1. The van der Waals surface area contributed by atoms with Crippen molar-refractivity contribution in [2.45, 2.75) is 25.7 Å². The fourth-order valence-corrected chi connectivity index (χ4v) is 1.98. The van der Waals surface area contributed by atoms with Crippen LogP contribution in [0.3, 0.4) is 0 Å². The lowest BCUT2D eigenvalue weighted by atomic mass is 10.2. The van der Waals surface area contributed by atoms with E-state index in [0.717, 1.165) is 12.8 Å². The van der Waals surface area contributed by atoms with E-state index in [1.807, 2.05) is 0 Å². The molecule has 7 nitrogen and oxygen atoms in total. The number of amides is 2. The maximum Gasteiger partial charge on any atom is 0.341 e. The molecule has 0 unspecified atom stereocenters. The lowest BCUT2D eigenvalue weighted by Crippen LogP contribution is -2.26. The van der Waals surface area contributed by atoms with Crippen LogP contribution in [0.25, 0.3) is 0 Å². The van der Waals surface area contributed by atoms with Crippen molar-refractivity contribution >= 4 is 23.5 Å². The third-order valence-corrected chi connectivity index (χ3v) is 3.31. The molecule has 2 rings (SSSR count). The van der Waals surface area contributed by atoms with Gasteiger partial charge in [0.05, 0.1) is 0 Å². The van der Waals surface area contributed by atoms with E-state index < -0.39 is 12.6 Å². The number of carboxylic acid groups (broad SMARTS) is 1. The van der Waals surface area contributed by atoms with Crippen LogP contribution in [-0.4, -0.2) is 36.0 Å². The lowest BCUT2D eigenvalue weighted by molar-refractivity contribution is -0.139. The maximum atomic E-state index is 11.8. The molecular formula is C16H20N2O5. The molecule has 0 heterocycles. The van der Waals surface area contributed by atoms with Crippen LogP contribution in [0.15, 0.2) is 24.3 Å². The first-order valence-corrected chi connectivity index (χ1v) is 7.57. The molecule has 0 saturated heterocycles. The summed E-state index contributed by atoms with van der Waals surface area (Å²) in [4.78, 5) is 33.7. The van der Waals surface area contributed by atoms with Crippen LogP contribution in [0.2, 0.25) is 0 Å². The summed E-state index contributed by atoms with van der Waals surface area (Å²) in [7, 11) is 0. The minimum atomic E-state index is -1.06. The van der Waals surface area contributed by atoms with E-state index in [1.165, 1.54) is 0 Å². The molecular weight excluding hydrogens is 300 g/mol. The van der Waals surface area contributed by atoms with Gasteiger partial charge in [-0.3, -0.25) is 9.59 Å². The van der Waals surface area contributed by atoms with Crippen molar-refractivity contribution in [1.82, 2.24) is 5.32 Å². The summed E-state index contributed by atoms with van der Waals surface area (Å²) >= 11 is 0. The highest BCUT2D eigenvalue weighted by Crippen LogP contribution is 2.28. The molecule has 3 N–H and O–H groups in total. The Morgan fingerprint density at radius 3 is 2.74 bits per heavy atom. The number of carbonyl (C=O) groups is 3. The summed E-state index contributed by atoms with van der Waals surface area (Å²) in [5, 5.41) is 14.1. The predicted molar refractivity (Wildman–Crippen MR) is 83.2 cm³/mol. The molecule has 0 atom stereocenters. The first kappa shape index (κ1) is 16.8. The Balaban J connectivity index is 1.68. The summed E-state index contributed by atoms with van der Waals surface area (Å²) in [5.74, 6) is -0.596. The van der Waals surface area contributed by atoms with Crippen molar-refractivity contribution < 1.29 is 24.2 Å². The van der Waals surface area contributed by atoms with E-state index in [9.17, 15) is 14.4 Å². The van der Waals surface area contributed by atoms with Gasteiger partial charge in [-0.2, -0.15) is 0 Å². The van der Waals surface area contributed by atoms with Gasteiger partial charge >= 0.3 is 5.97 Å². The van der Waals surface area contributed by atoms with Gasteiger partial charge in [-0.05, 0) is 31.4 Å². The zero-order chi connectivity index (χ0) is 16.7. The van der Waals surface area contributed by atoms with E-state index in [0.29, 0.717) is 30.8 Å². The molecule has 1 aliphatic carbocycles. The van der Waals surface area contributed by atoms with Crippen molar-refractivity contribution in [3.63, 3.8) is 0 Å². The molecule has 1 saturated carbocycles. The van der Waals surface area contributed by atoms with Crippen LogP contribution in [-0.2, 0) is 14.4 Å². The molecule has 1 aliphatic rings. The molecule has 2 amide bonds. The van der Waals surface area contributed by atoms with Crippen molar-refractivity contribution in [1.29, 1.82) is 0 Å². The van der Waals surface area contributed by atoms with Gasteiger partial charge in [-0.1, -0.05) is 6.07 Å². The number of hydrogen-bond donors (Lipinski definition) is 3. The van der Waals surface area contributed by atoms with E-state index in [1.54, 1.807) is 24.3 Å². The van der Waals surface area contributed by atoms with Crippen molar-refractivity contribution in [2.24, 2.45) is 5.92 Å². The van der Waals surface area contributed by atoms with Gasteiger partial charge in [0, 0.05) is 30.6 Å². The van der Waals surface area contributed by atoms with E-state index in [2.05, 4.69) is 10.6 Å². The van der Waals surface area contributed by atoms with Gasteiger partial charge in [-0.25, -0.2) is 4.79 Å². The van der Waals surface area contributed by atoms with Gasteiger partial charge in [-0.15, -0.1) is 0 Å². The Morgan fingerprint density at radius 1 is 1.26 bits per heavy atom. The number of anilines is 1. The SMILES string of the molecule is O=C(O)COc1cccc(NC(=O)CCCNC(=O)C2CC2)c1. The third kappa shape index (κ3) is 6.37. The van der Waals surface area contributed by atoms with Crippen molar-refractivity contribution in [2.75, 3.05) is 18.5 Å². The number of aliphatic carboxylic acids is 1. The monoisotopic (exact) mass is 320 g/mol. The van der Waals surface area contributed by atoms with E-state index >= 15 is 0 Å². The molecule has 0 aliphatic heterocycles. The smallest absolute Gasteiger partial charge is 0.341 e. The van der Waals surface area contributed by atoms with E-state index in [-0.39, 0.29) is 17.7 Å². The van der Waals surface area contributed by atoms with E-state index in [4.69, 9.17) is 9.84 Å². The molecule has 0 bridgehead atoms. The van der Waals surface area contributed by atoms with Gasteiger partial charge in [0.15, 0.2) is 6.61 Å². The van der Waals surface area contributed by atoms with Gasteiger partial charge in [0.1, 0.15) is 5.75 Å². The zero-order valence-electron chi connectivity index (χ0n) is 12.7. The second kappa shape index (κ2) is 8.17. The summed E-state index contributed by atoms with van der Waals surface area (Å²) < 4.78 is 5.04. The Morgan fingerprint density at radius 2 is 2.04 bits per heavy atom. The summed E-state index contributed by atoms with van der Waals surface area (Å²) in [5.41, 5.74) is 0.542. The average molecular weight is 320 g/mol. The largest absolute Gasteiger partial charge is 0.482 e. The van der Waals surface area contributed by atoms with Crippen LogP contribution in [0.4, 0.5) is 5.69 Å². The van der Waals surface area contributed by atoms with Crippen molar-refractivity contribution in [3.8, 4) is 5.75 Å². The highest BCUT2D eigenvalue weighted by atomic mass is 16.5. The molecule has 0 radical (unpaired) electrons. The fourth-order valence-electron chi connectivity index (χ4n) is 1.98. The lowest BCUT2D eigenvalue weighted by Gasteiger charge is -2.08. The second-order valence-electron chi connectivity index (χ2n) is 5.43. The van der Waals surface area contributed by atoms with Gasteiger partial charge in [0.25, 0.3) is 0 Å². The summed E-state index contributed by atoms with van der Waals surface area (Å²) in [6, 6.07) is 6.55. The average Bonchev–Trinajstić information content (AvgIpc) is 3.34. The highest BCUT2D eigenvalue weighted by Gasteiger charge is 2.28. The maximum absolute atomic E-state index is 11.8. The number of carbonyl (C=O) groups excluding carboxylic acids is 2. The summed E-state index contributed by atoms with van der Waals surface area (Å²) in [6.45, 7) is 0.0581. The van der Waals surface area contributed by atoms with Gasteiger partial charge in [0.2, 0.25) is 11.8 Å². The molecule has 7 heteroatoms. The van der Waals surface area contributed by atoms with Crippen LogP contribution < -0.4 is 15.4 Å². The number of nitrogens with one attached hydrogen (secondary N) is 2. The molecule has 124 valence electrons. The van der Waals surface area contributed by atoms with Gasteiger partial charge < -0.3 is 20.5 Å². The third-order valence-electron chi connectivity index (χ3n) is 3.31. The zero-order valence-corrected chi connectivity index (χ0v) is 12.7. The number of rotatable bonds is 9. The predicted octanol–water partition coefficient (Wildman–Crippen LogP) is 1.39. The van der Waals surface area contributed by atoms with Crippen LogP contribution in [0.1, 0.15) is 25.7 Å². The molecule has 1 fully saturated rings. The Hall–Kier alpha value is -2.57. The van der Waals surface area contributed by atoms with Crippen LogP contribution >= 0.6 is 0 Å². The number of ether oxygens (including phenoxy) is 1. The number of hydrogen-bond acceptors (Lipinski definition) is 4. The fraction of sp³-hybridized carbons (Fsp3) is 0.438.